The van der Waals surface area contributed by atoms with Crippen LogP contribution in [0.3, 0.4) is 0 Å². The monoisotopic (exact) mass is 316 g/mol. The van der Waals surface area contributed by atoms with Crippen LogP contribution in [0, 0.1) is 18.8 Å². The van der Waals surface area contributed by atoms with E-state index in [0.717, 1.165) is 18.5 Å². The molecule has 0 aliphatic rings. The van der Waals surface area contributed by atoms with Crippen LogP contribution in [0.15, 0.2) is 30.3 Å². The number of hydrogen-bond donors (Lipinski definition) is 3. The SMILES string of the molecule is CCCN[C@@H](CO)Cc1c[c]c(-c2cccc(F)c2C)c(O)c1. The molecule has 3 N–H and O–H groups in total. The number of rotatable bonds is 7. The molecule has 2 aromatic carbocycles. The quantitative estimate of drug-likeness (QED) is 0.735. The van der Waals surface area contributed by atoms with Crippen LogP contribution in [0.2, 0.25) is 0 Å². The molecule has 2 aromatic rings. The van der Waals surface area contributed by atoms with Crippen molar-refractivity contribution in [1.82, 2.24) is 5.32 Å². The van der Waals surface area contributed by atoms with Crippen LogP contribution < -0.4 is 5.32 Å². The average Bonchev–Trinajstić information content (AvgIpc) is 2.54. The Morgan fingerprint density at radius 1 is 1.35 bits per heavy atom. The van der Waals surface area contributed by atoms with Gasteiger partial charge in [0, 0.05) is 11.6 Å². The molecule has 2 rings (SSSR count). The van der Waals surface area contributed by atoms with Gasteiger partial charge in [-0.2, -0.15) is 0 Å². The van der Waals surface area contributed by atoms with Crippen molar-refractivity contribution < 1.29 is 14.6 Å². The predicted octanol–water partition coefficient (Wildman–Crippen LogP) is 3.21. The highest BCUT2D eigenvalue weighted by Crippen LogP contribution is 2.32. The fraction of sp³-hybridized carbons (Fsp3) is 0.368. The molecule has 0 fully saturated rings. The number of phenols is 1. The Kier molecular flexibility index (Phi) is 6.13. The molecule has 0 aliphatic heterocycles. The lowest BCUT2D eigenvalue weighted by Crippen LogP contribution is -2.34. The number of aliphatic hydroxyl groups excluding tert-OH is 1. The Morgan fingerprint density at radius 2 is 2.13 bits per heavy atom. The normalized spacial score (nSPS) is 12.3. The summed E-state index contributed by atoms with van der Waals surface area (Å²) in [5.41, 5.74) is 2.50. The van der Waals surface area contributed by atoms with Crippen molar-refractivity contribution in [3.8, 4) is 16.9 Å². The molecule has 0 saturated carbocycles. The zero-order valence-electron chi connectivity index (χ0n) is 13.6. The van der Waals surface area contributed by atoms with Gasteiger partial charge in [-0.15, -0.1) is 0 Å². The molecule has 0 spiro atoms. The Hall–Kier alpha value is -1.91. The van der Waals surface area contributed by atoms with Crippen molar-refractivity contribution in [1.29, 1.82) is 0 Å². The molecule has 3 nitrogen and oxygen atoms in total. The minimum atomic E-state index is -0.302. The van der Waals surface area contributed by atoms with E-state index in [0.29, 0.717) is 23.1 Å². The predicted molar refractivity (Wildman–Crippen MR) is 89.9 cm³/mol. The second-order valence-electron chi connectivity index (χ2n) is 5.72. The summed E-state index contributed by atoms with van der Waals surface area (Å²) >= 11 is 0. The fourth-order valence-electron chi connectivity index (χ4n) is 2.57. The molecule has 0 aliphatic carbocycles. The van der Waals surface area contributed by atoms with Gasteiger partial charge in [0.2, 0.25) is 0 Å². The van der Waals surface area contributed by atoms with Crippen molar-refractivity contribution in [3.63, 3.8) is 0 Å². The van der Waals surface area contributed by atoms with Crippen LogP contribution in [-0.2, 0) is 6.42 Å². The van der Waals surface area contributed by atoms with Gasteiger partial charge >= 0.3 is 0 Å². The Balaban J connectivity index is 2.22. The van der Waals surface area contributed by atoms with E-state index in [1.165, 1.54) is 6.07 Å². The lowest BCUT2D eigenvalue weighted by Gasteiger charge is -2.16. The first-order chi connectivity index (χ1) is 11.1. The van der Waals surface area contributed by atoms with Crippen molar-refractivity contribution in [2.24, 2.45) is 0 Å². The molecule has 123 valence electrons. The molecule has 1 radical (unpaired) electrons. The summed E-state index contributed by atoms with van der Waals surface area (Å²) < 4.78 is 13.7. The van der Waals surface area contributed by atoms with E-state index >= 15 is 0 Å². The number of aromatic hydroxyl groups is 1. The third kappa shape index (κ3) is 4.30. The fourth-order valence-corrected chi connectivity index (χ4v) is 2.57. The van der Waals surface area contributed by atoms with Gasteiger partial charge in [0.05, 0.1) is 6.61 Å². The van der Waals surface area contributed by atoms with Crippen LogP contribution >= 0.6 is 0 Å². The van der Waals surface area contributed by atoms with E-state index in [9.17, 15) is 14.6 Å². The summed E-state index contributed by atoms with van der Waals surface area (Å²) in [5.74, 6) is -0.230. The zero-order valence-corrected chi connectivity index (χ0v) is 13.6. The molecular weight excluding hydrogens is 293 g/mol. The third-order valence-corrected chi connectivity index (χ3v) is 3.90. The minimum absolute atomic E-state index is 0.0333. The van der Waals surface area contributed by atoms with Crippen LogP contribution in [0.5, 0.6) is 5.75 Å². The maximum absolute atomic E-state index is 13.7. The Bertz CT molecular complexity index is 658. The van der Waals surface area contributed by atoms with Gasteiger partial charge in [-0.25, -0.2) is 4.39 Å². The number of benzene rings is 2. The van der Waals surface area contributed by atoms with E-state index in [4.69, 9.17) is 0 Å². The van der Waals surface area contributed by atoms with E-state index in [1.54, 1.807) is 31.2 Å². The van der Waals surface area contributed by atoms with Gasteiger partial charge in [0.1, 0.15) is 11.6 Å². The molecule has 0 amide bonds. The minimum Gasteiger partial charge on any atom is -0.507 e. The largest absolute Gasteiger partial charge is 0.507 e. The van der Waals surface area contributed by atoms with Crippen LogP contribution in [-0.4, -0.2) is 29.4 Å². The van der Waals surface area contributed by atoms with Gasteiger partial charge in [-0.3, -0.25) is 0 Å². The molecular formula is C19H23FNO2. The number of phenolic OH excluding ortho intramolecular Hbond substituents is 1. The second-order valence-corrected chi connectivity index (χ2v) is 5.72. The molecule has 23 heavy (non-hydrogen) atoms. The van der Waals surface area contributed by atoms with Crippen molar-refractivity contribution in [2.45, 2.75) is 32.7 Å². The van der Waals surface area contributed by atoms with Crippen LogP contribution in [0.1, 0.15) is 24.5 Å². The maximum atomic E-state index is 13.7. The highest BCUT2D eigenvalue weighted by Gasteiger charge is 2.13. The first-order valence-corrected chi connectivity index (χ1v) is 7.90. The maximum Gasteiger partial charge on any atom is 0.126 e. The first-order valence-electron chi connectivity index (χ1n) is 7.90. The number of hydrogen-bond acceptors (Lipinski definition) is 3. The third-order valence-electron chi connectivity index (χ3n) is 3.90. The smallest absolute Gasteiger partial charge is 0.126 e. The van der Waals surface area contributed by atoms with E-state index in [1.807, 2.05) is 0 Å². The van der Waals surface area contributed by atoms with Gasteiger partial charge < -0.3 is 15.5 Å². The lowest BCUT2D eigenvalue weighted by molar-refractivity contribution is 0.242. The van der Waals surface area contributed by atoms with Gasteiger partial charge in [0.25, 0.3) is 0 Å². The molecule has 0 aromatic heterocycles. The van der Waals surface area contributed by atoms with E-state index in [2.05, 4.69) is 18.3 Å². The molecule has 0 bridgehead atoms. The highest BCUT2D eigenvalue weighted by atomic mass is 19.1. The lowest BCUT2D eigenvalue weighted by atomic mass is 9.96. The van der Waals surface area contributed by atoms with Crippen molar-refractivity contribution >= 4 is 0 Å². The highest BCUT2D eigenvalue weighted by molar-refractivity contribution is 5.72. The molecule has 0 heterocycles. The van der Waals surface area contributed by atoms with Crippen molar-refractivity contribution in [3.05, 3.63) is 53.3 Å². The Labute approximate surface area is 136 Å². The van der Waals surface area contributed by atoms with Gasteiger partial charge in [0.15, 0.2) is 0 Å². The molecule has 4 heteroatoms. The van der Waals surface area contributed by atoms with Gasteiger partial charge in [-0.05, 0) is 61.2 Å². The first kappa shape index (κ1) is 17.4. The van der Waals surface area contributed by atoms with E-state index in [-0.39, 0.29) is 24.2 Å². The number of halogens is 1. The van der Waals surface area contributed by atoms with Gasteiger partial charge in [-0.1, -0.05) is 25.1 Å². The Morgan fingerprint density at radius 3 is 2.78 bits per heavy atom. The topological polar surface area (TPSA) is 52.5 Å². The summed E-state index contributed by atoms with van der Waals surface area (Å²) in [7, 11) is 0. The summed E-state index contributed by atoms with van der Waals surface area (Å²) in [6.45, 7) is 4.62. The molecule has 1 atom stereocenters. The summed E-state index contributed by atoms with van der Waals surface area (Å²) in [6.07, 6.45) is 1.59. The summed E-state index contributed by atoms with van der Waals surface area (Å²) in [4.78, 5) is 0. The second kappa shape index (κ2) is 8.09. The molecule has 0 unspecified atom stereocenters. The van der Waals surface area contributed by atoms with Crippen LogP contribution in [0.25, 0.3) is 11.1 Å². The summed E-state index contributed by atoms with van der Waals surface area (Å²) in [6, 6.07) is 11.2. The standard InChI is InChI=1S/C19H23FNO2/c1-3-9-21-15(12-22)10-14-7-8-17(19(23)11-14)16-5-4-6-18(20)13(16)2/h4-7,11,15,21-23H,3,9-10,12H2,1-2H3/t15-/m1/s1. The zero-order chi connectivity index (χ0) is 16.8. The average molecular weight is 316 g/mol. The molecule has 0 saturated heterocycles. The summed E-state index contributed by atoms with van der Waals surface area (Å²) in [5, 5.41) is 22.9. The van der Waals surface area contributed by atoms with Crippen LogP contribution in [0.4, 0.5) is 4.39 Å². The van der Waals surface area contributed by atoms with E-state index < -0.39 is 0 Å². The number of aliphatic hydroxyl groups is 1. The van der Waals surface area contributed by atoms with Crippen molar-refractivity contribution in [2.75, 3.05) is 13.2 Å². The number of nitrogens with one attached hydrogen (secondary N) is 1.